The third-order valence-electron chi connectivity index (χ3n) is 7.80. The van der Waals surface area contributed by atoms with Gasteiger partial charge in [0.25, 0.3) is 0 Å². The lowest BCUT2D eigenvalue weighted by Crippen LogP contribution is -2.16. The highest BCUT2D eigenvalue weighted by molar-refractivity contribution is 5.64. The van der Waals surface area contributed by atoms with Crippen LogP contribution in [0.15, 0.2) is 48.5 Å². The largest absolute Gasteiger partial charge is 0.0654 e. The average molecular weight is 419 g/mol. The van der Waals surface area contributed by atoms with E-state index in [2.05, 4.69) is 69.3 Å². The number of benzene rings is 2. The summed E-state index contributed by atoms with van der Waals surface area (Å²) in [5.41, 5.74) is 5.76. The van der Waals surface area contributed by atoms with Gasteiger partial charge in [0.2, 0.25) is 0 Å². The van der Waals surface area contributed by atoms with E-state index in [0.717, 1.165) is 17.8 Å². The van der Waals surface area contributed by atoms with Crippen molar-refractivity contribution in [1.82, 2.24) is 0 Å². The Labute approximate surface area is 192 Å². The molecule has 31 heavy (non-hydrogen) atoms. The van der Waals surface area contributed by atoms with Crippen molar-refractivity contribution >= 4 is 0 Å². The van der Waals surface area contributed by atoms with Crippen molar-refractivity contribution in [1.29, 1.82) is 0 Å². The zero-order valence-corrected chi connectivity index (χ0v) is 20.5. The molecule has 0 radical (unpaired) electrons. The second-order valence-electron chi connectivity index (χ2n) is 10.1. The Balaban J connectivity index is 1.49. The molecule has 0 heteroatoms. The summed E-state index contributed by atoms with van der Waals surface area (Å²) >= 11 is 0. The standard InChI is InChI=1S/C31H46/c1-4-7-9-11-26-12-16-28(17-13-26)30-20-22-31(23-21-30)29-18-14-27(15-19-29)24-25(6-3)10-8-5-2/h12-13,16-17,20-23,25,27,29H,4-11,14-15,18-19,24H2,1-3H3. The van der Waals surface area contributed by atoms with Crippen LogP contribution in [0.1, 0.15) is 115 Å². The highest BCUT2D eigenvalue weighted by Crippen LogP contribution is 2.39. The van der Waals surface area contributed by atoms with Crippen molar-refractivity contribution in [3.05, 3.63) is 59.7 Å². The van der Waals surface area contributed by atoms with Crippen LogP contribution in [0, 0.1) is 11.8 Å². The number of hydrogen-bond acceptors (Lipinski definition) is 0. The van der Waals surface area contributed by atoms with Crippen molar-refractivity contribution in [3.63, 3.8) is 0 Å². The molecule has 0 spiro atoms. The summed E-state index contributed by atoms with van der Waals surface area (Å²) in [6.07, 6.45) is 17.9. The average Bonchev–Trinajstić information content (AvgIpc) is 2.83. The van der Waals surface area contributed by atoms with Gasteiger partial charge in [0.05, 0.1) is 0 Å². The molecule has 0 saturated heterocycles. The van der Waals surface area contributed by atoms with E-state index < -0.39 is 0 Å². The first kappa shape index (κ1) is 24.1. The van der Waals surface area contributed by atoms with Crippen LogP contribution in [0.2, 0.25) is 0 Å². The second-order valence-corrected chi connectivity index (χ2v) is 10.1. The van der Waals surface area contributed by atoms with Crippen LogP contribution in [-0.2, 0) is 6.42 Å². The topological polar surface area (TPSA) is 0 Å². The van der Waals surface area contributed by atoms with E-state index in [1.54, 1.807) is 5.56 Å². The van der Waals surface area contributed by atoms with E-state index in [-0.39, 0.29) is 0 Å². The van der Waals surface area contributed by atoms with Gasteiger partial charge in [-0.05, 0) is 85.0 Å². The van der Waals surface area contributed by atoms with E-state index in [1.807, 2.05) is 0 Å². The summed E-state index contributed by atoms with van der Waals surface area (Å²) in [5.74, 6) is 2.73. The molecule has 1 aliphatic rings. The van der Waals surface area contributed by atoms with Crippen molar-refractivity contribution in [3.8, 4) is 11.1 Å². The minimum absolute atomic E-state index is 0.780. The Morgan fingerprint density at radius 2 is 1.32 bits per heavy atom. The first-order chi connectivity index (χ1) is 15.2. The SMILES string of the molecule is CCCCCc1ccc(-c2ccc(C3CCC(CC(CC)CCCC)CC3)cc2)cc1. The molecule has 1 saturated carbocycles. The van der Waals surface area contributed by atoms with E-state index in [9.17, 15) is 0 Å². The fourth-order valence-corrected chi connectivity index (χ4v) is 5.58. The van der Waals surface area contributed by atoms with Crippen molar-refractivity contribution in [2.75, 3.05) is 0 Å². The summed E-state index contributed by atoms with van der Waals surface area (Å²) < 4.78 is 0. The fraction of sp³-hybridized carbons (Fsp3) is 0.613. The molecule has 1 unspecified atom stereocenters. The molecule has 0 nitrogen and oxygen atoms in total. The predicted octanol–water partition coefficient (Wildman–Crippen LogP) is 9.97. The monoisotopic (exact) mass is 418 g/mol. The van der Waals surface area contributed by atoms with E-state index in [1.165, 1.54) is 100 Å². The van der Waals surface area contributed by atoms with Crippen LogP contribution < -0.4 is 0 Å². The van der Waals surface area contributed by atoms with Gasteiger partial charge in [-0.15, -0.1) is 0 Å². The van der Waals surface area contributed by atoms with Gasteiger partial charge < -0.3 is 0 Å². The summed E-state index contributed by atoms with van der Waals surface area (Å²) in [4.78, 5) is 0. The number of aryl methyl sites for hydroxylation is 1. The number of rotatable bonds is 12. The van der Waals surface area contributed by atoms with Gasteiger partial charge in [0.15, 0.2) is 0 Å². The van der Waals surface area contributed by atoms with E-state index >= 15 is 0 Å². The van der Waals surface area contributed by atoms with Crippen molar-refractivity contribution in [2.45, 2.75) is 110 Å². The molecule has 1 aliphatic carbocycles. The van der Waals surface area contributed by atoms with Gasteiger partial charge in [-0.1, -0.05) is 108 Å². The summed E-state index contributed by atoms with van der Waals surface area (Å²) in [5, 5.41) is 0. The quantitative estimate of drug-likeness (QED) is 0.301. The van der Waals surface area contributed by atoms with Crippen LogP contribution in [0.25, 0.3) is 11.1 Å². The van der Waals surface area contributed by atoms with Crippen LogP contribution in [-0.4, -0.2) is 0 Å². The molecular weight excluding hydrogens is 372 g/mol. The normalized spacial score (nSPS) is 20.0. The van der Waals surface area contributed by atoms with Crippen LogP contribution in [0.3, 0.4) is 0 Å². The molecule has 0 N–H and O–H groups in total. The molecular formula is C31H46. The molecule has 3 rings (SSSR count). The Hall–Kier alpha value is -1.56. The lowest BCUT2D eigenvalue weighted by atomic mass is 9.74. The Kier molecular flexibility index (Phi) is 10.2. The van der Waals surface area contributed by atoms with Gasteiger partial charge in [0, 0.05) is 0 Å². The Morgan fingerprint density at radius 1 is 0.710 bits per heavy atom. The molecule has 0 amide bonds. The third-order valence-corrected chi connectivity index (χ3v) is 7.80. The van der Waals surface area contributed by atoms with Crippen LogP contribution >= 0.6 is 0 Å². The number of hydrogen-bond donors (Lipinski definition) is 0. The Morgan fingerprint density at radius 3 is 1.90 bits per heavy atom. The second kappa shape index (κ2) is 13.1. The lowest BCUT2D eigenvalue weighted by Gasteiger charge is -2.31. The Bertz CT molecular complexity index is 716. The highest BCUT2D eigenvalue weighted by atomic mass is 14.3. The first-order valence-corrected chi connectivity index (χ1v) is 13.4. The molecule has 1 atom stereocenters. The smallest absolute Gasteiger partial charge is 0.0162 e. The predicted molar refractivity (Wildman–Crippen MR) is 138 cm³/mol. The minimum Gasteiger partial charge on any atom is -0.0654 e. The molecule has 1 fully saturated rings. The van der Waals surface area contributed by atoms with Gasteiger partial charge in [-0.25, -0.2) is 0 Å². The van der Waals surface area contributed by atoms with Gasteiger partial charge >= 0.3 is 0 Å². The zero-order chi connectivity index (χ0) is 21.9. The maximum absolute atomic E-state index is 2.41. The van der Waals surface area contributed by atoms with Crippen LogP contribution in [0.4, 0.5) is 0 Å². The van der Waals surface area contributed by atoms with Gasteiger partial charge in [0.1, 0.15) is 0 Å². The summed E-state index contributed by atoms with van der Waals surface area (Å²) in [7, 11) is 0. The highest BCUT2D eigenvalue weighted by Gasteiger charge is 2.24. The molecule has 0 aromatic heterocycles. The van der Waals surface area contributed by atoms with E-state index in [4.69, 9.17) is 0 Å². The fourth-order valence-electron chi connectivity index (χ4n) is 5.58. The maximum atomic E-state index is 2.41. The van der Waals surface area contributed by atoms with Gasteiger partial charge in [-0.2, -0.15) is 0 Å². The van der Waals surface area contributed by atoms with Crippen molar-refractivity contribution < 1.29 is 0 Å². The maximum Gasteiger partial charge on any atom is -0.0162 e. The molecule has 170 valence electrons. The molecule has 2 aromatic rings. The molecule has 0 heterocycles. The molecule has 2 aromatic carbocycles. The van der Waals surface area contributed by atoms with Crippen molar-refractivity contribution in [2.24, 2.45) is 11.8 Å². The summed E-state index contributed by atoms with van der Waals surface area (Å²) in [6.45, 7) is 7.00. The first-order valence-electron chi connectivity index (χ1n) is 13.4. The van der Waals surface area contributed by atoms with Crippen LogP contribution in [0.5, 0.6) is 0 Å². The third kappa shape index (κ3) is 7.51. The van der Waals surface area contributed by atoms with E-state index in [0.29, 0.717) is 0 Å². The molecule has 0 bridgehead atoms. The van der Waals surface area contributed by atoms with Gasteiger partial charge in [-0.3, -0.25) is 0 Å². The summed E-state index contributed by atoms with van der Waals surface area (Å²) in [6, 6.07) is 18.8. The molecule has 0 aliphatic heterocycles. The lowest BCUT2D eigenvalue weighted by molar-refractivity contribution is 0.256. The zero-order valence-electron chi connectivity index (χ0n) is 20.5. The number of unbranched alkanes of at least 4 members (excludes halogenated alkanes) is 3. The minimum atomic E-state index is 0.780.